The molecule has 1 atom stereocenters. The number of aromatic amines is 1. The average Bonchev–Trinajstić information content (AvgIpc) is 3.42. The second-order valence-electron chi connectivity index (χ2n) is 7.53. The quantitative estimate of drug-likeness (QED) is 0.517. The summed E-state index contributed by atoms with van der Waals surface area (Å²) in [5.74, 6) is -0.666. The number of hydrogen-bond donors (Lipinski definition) is 4. The van der Waals surface area contributed by atoms with E-state index in [0.717, 1.165) is 42.1 Å². The van der Waals surface area contributed by atoms with Crippen LogP contribution in [-0.4, -0.2) is 39.8 Å². The van der Waals surface area contributed by atoms with Crippen LogP contribution in [0.3, 0.4) is 0 Å². The number of aromatic nitrogens is 2. The number of H-pyrrole nitrogens is 1. The smallest absolute Gasteiger partial charge is 0.249 e. The van der Waals surface area contributed by atoms with Crippen LogP contribution in [-0.2, 0) is 15.0 Å². The van der Waals surface area contributed by atoms with Crippen molar-refractivity contribution in [3.63, 3.8) is 0 Å². The number of hydrogen-bond acceptors (Lipinski definition) is 4. The van der Waals surface area contributed by atoms with Crippen molar-refractivity contribution in [1.82, 2.24) is 15.5 Å². The number of rotatable bonds is 6. The maximum atomic E-state index is 13.2. The molecule has 1 heterocycles. The van der Waals surface area contributed by atoms with E-state index in [1.807, 2.05) is 36.4 Å². The van der Waals surface area contributed by atoms with Crippen molar-refractivity contribution in [3.8, 4) is 0 Å². The Hall–Kier alpha value is -3.19. The topological polar surface area (TPSA) is 107 Å². The van der Waals surface area contributed by atoms with Gasteiger partial charge in [0.05, 0.1) is 23.7 Å². The molecule has 0 radical (unpaired) electrons. The van der Waals surface area contributed by atoms with E-state index in [0.29, 0.717) is 5.69 Å². The van der Waals surface area contributed by atoms with Gasteiger partial charge < -0.3 is 15.7 Å². The van der Waals surface area contributed by atoms with Crippen LogP contribution >= 0.6 is 0 Å². The number of nitrogens with one attached hydrogen (secondary N) is 3. The monoisotopic (exact) mass is 392 g/mol. The fourth-order valence-electron chi connectivity index (χ4n) is 4.12. The number of aliphatic hydroxyl groups is 1. The molecule has 1 saturated carbocycles. The van der Waals surface area contributed by atoms with Gasteiger partial charge in [-0.1, -0.05) is 43.2 Å². The van der Waals surface area contributed by atoms with Crippen molar-refractivity contribution >= 4 is 28.4 Å². The summed E-state index contributed by atoms with van der Waals surface area (Å²) in [6.07, 6.45) is 5.09. The van der Waals surface area contributed by atoms with Gasteiger partial charge in [-0.15, -0.1) is 0 Å². The first-order valence-corrected chi connectivity index (χ1v) is 9.84. The van der Waals surface area contributed by atoms with E-state index in [2.05, 4.69) is 20.8 Å². The van der Waals surface area contributed by atoms with Gasteiger partial charge in [-0.25, -0.2) is 0 Å². The number of fused-ring (bicyclic) bond motifs is 1. The fourth-order valence-corrected chi connectivity index (χ4v) is 4.12. The summed E-state index contributed by atoms with van der Waals surface area (Å²) in [5.41, 5.74) is 1.67. The van der Waals surface area contributed by atoms with Crippen LogP contribution in [0.1, 0.15) is 31.2 Å². The van der Waals surface area contributed by atoms with Crippen LogP contribution in [0.25, 0.3) is 10.9 Å². The molecule has 150 valence electrons. The van der Waals surface area contributed by atoms with Gasteiger partial charge in [0, 0.05) is 11.1 Å². The van der Waals surface area contributed by atoms with E-state index < -0.39 is 24.0 Å². The first kappa shape index (κ1) is 19.1. The van der Waals surface area contributed by atoms with Crippen LogP contribution in [0.4, 0.5) is 5.69 Å². The lowest BCUT2D eigenvalue weighted by atomic mass is 9.78. The minimum atomic E-state index is -1.03. The van der Waals surface area contributed by atoms with Crippen molar-refractivity contribution in [2.45, 2.75) is 37.1 Å². The zero-order chi connectivity index (χ0) is 20.3. The Bertz CT molecular complexity index is 1010. The number of aliphatic hydroxyl groups excluding tert-OH is 1. The Morgan fingerprint density at radius 3 is 2.62 bits per heavy atom. The van der Waals surface area contributed by atoms with Crippen molar-refractivity contribution in [3.05, 3.63) is 60.3 Å². The molecule has 2 aromatic carbocycles. The maximum Gasteiger partial charge on any atom is 0.249 e. The van der Waals surface area contributed by atoms with Gasteiger partial charge in [0.25, 0.3) is 0 Å². The summed E-state index contributed by atoms with van der Waals surface area (Å²) in [6.45, 7) is -0.477. The van der Waals surface area contributed by atoms with Crippen molar-refractivity contribution < 1.29 is 14.7 Å². The van der Waals surface area contributed by atoms with Crippen molar-refractivity contribution in [1.29, 1.82) is 0 Å². The van der Waals surface area contributed by atoms with Gasteiger partial charge >= 0.3 is 0 Å². The molecule has 4 N–H and O–H groups in total. The minimum Gasteiger partial charge on any atom is -0.394 e. The second kappa shape index (κ2) is 8.05. The Morgan fingerprint density at radius 1 is 1.14 bits per heavy atom. The molecule has 1 aliphatic rings. The largest absolute Gasteiger partial charge is 0.394 e. The highest BCUT2D eigenvalue weighted by Gasteiger charge is 2.43. The first-order valence-electron chi connectivity index (χ1n) is 9.84. The van der Waals surface area contributed by atoms with E-state index in [9.17, 15) is 14.7 Å². The minimum absolute atomic E-state index is 0.209. The predicted molar refractivity (Wildman–Crippen MR) is 110 cm³/mol. The van der Waals surface area contributed by atoms with Gasteiger partial charge in [-0.2, -0.15) is 5.10 Å². The zero-order valence-corrected chi connectivity index (χ0v) is 16.0. The standard InChI is InChI=1S/C22H24N4O3/c27-14-19(20(28)24-17-9-8-15-13-23-26-18(15)12-17)25-21(29)22(10-4-5-11-22)16-6-2-1-3-7-16/h1-3,6-9,12-13,19,27H,4-5,10-11,14H2,(H,23,26)(H,24,28)(H,25,29)/t19-/m0/s1. The Labute approximate surface area is 168 Å². The lowest BCUT2D eigenvalue weighted by molar-refractivity contribution is -0.131. The molecule has 1 aromatic heterocycles. The number of carbonyl (C=O) groups is 2. The zero-order valence-electron chi connectivity index (χ0n) is 16.0. The van der Waals surface area contributed by atoms with E-state index in [-0.39, 0.29) is 5.91 Å². The second-order valence-corrected chi connectivity index (χ2v) is 7.53. The van der Waals surface area contributed by atoms with Gasteiger partial charge in [0.2, 0.25) is 11.8 Å². The molecule has 0 spiro atoms. The summed E-state index contributed by atoms with van der Waals surface area (Å²) < 4.78 is 0. The van der Waals surface area contributed by atoms with Crippen LogP contribution < -0.4 is 10.6 Å². The van der Waals surface area contributed by atoms with Crippen LogP contribution in [0.2, 0.25) is 0 Å². The van der Waals surface area contributed by atoms with Gasteiger partial charge in [0.1, 0.15) is 6.04 Å². The molecule has 29 heavy (non-hydrogen) atoms. The third-order valence-corrected chi connectivity index (χ3v) is 5.73. The van der Waals surface area contributed by atoms with Crippen LogP contribution in [0.15, 0.2) is 54.7 Å². The summed E-state index contributed by atoms with van der Waals surface area (Å²) >= 11 is 0. The molecule has 0 bridgehead atoms. The third kappa shape index (κ3) is 3.73. The van der Waals surface area contributed by atoms with Crippen molar-refractivity contribution in [2.75, 3.05) is 11.9 Å². The van der Waals surface area contributed by atoms with Gasteiger partial charge in [-0.05, 0) is 36.6 Å². The molecule has 0 saturated heterocycles. The summed E-state index contributed by atoms with van der Waals surface area (Å²) in [4.78, 5) is 25.9. The molecule has 1 aliphatic carbocycles. The molecule has 7 nitrogen and oxygen atoms in total. The fraction of sp³-hybridized carbons (Fsp3) is 0.318. The number of amides is 2. The number of nitrogens with zero attached hydrogens (tertiary/aromatic N) is 1. The predicted octanol–water partition coefficient (Wildman–Crippen LogP) is 2.49. The molecule has 1 fully saturated rings. The maximum absolute atomic E-state index is 13.2. The van der Waals surface area contributed by atoms with Crippen molar-refractivity contribution in [2.24, 2.45) is 0 Å². The van der Waals surface area contributed by atoms with E-state index in [1.54, 1.807) is 18.3 Å². The molecule has 3 aromatic rings. The SMILES string of the molecule is O=C(Nc1ccc2cn[nH]c2c1)[C@H](CO)NC(=O)C1(c2ccccc2)CCCC1. The number of anilines is 1. The number of benzene rings is 2. The molecular formula is C22H24N4O3. The Balaban J connectivity index is 1.49. The van der Waals surface area contributed by atoms with E-state index in [1.165, 1.54) is 0 Å². The lowest BCUT2D eigenvalue weighted by Gasteiger charge is -2.30. The molecule has 2 amide bonds. The van der Waals surface area contributed by atoms with E-state index >= 15 is 0 Å². The molecular weight excluding hydrogens is 368 g/mol. The Morgan fingerprint density at radius 2 is 1.90 bits per heavy atom. The normalized spacial score (nSPS) is 16.4. The molecule has 4 rings (SSSR count). The highest BCUT2D eigenvalue weighted by atomic mass is 16.3. The van der Waals surface area contributed by atoms with Crippen LogP contribution in [0, 0.1) is 0 Å². The Kier molecular flexibility index (Phi) is 5.31. The van der Waals surface area contributed by atoms with Crippen LogP contribution in [0.5, 0.6) is 0 Å². The third-order valence-electron chi connectivity index (χ3n) is 5.73. The molecule has 0 aliphatic heterocycles. The summed E-state index contributed by atoms with van der Waals surface area (Å²) in [6, 6.07) is 14.0. The lowest BCUT2D eigenvalue weighted by Crippen LogP contribution is -2.52. The first-order chi connectivity index (χ1) is 14.1. The molecule has 0 unspecified atom stereocenters. The molecule has 7 heteroatoms. The highest BCUT2D eigenvalue weighted by molar-refractivity contribution is 6.00. The average molecular weight is 392 g/mol. The van der Waals surface area contributed by atoms with E-state index in [4.69, 9.17) is 0 Å². The highest BCUT2D eigenvalue weighted by Crippen LogP contribution is 2.41. The number of carbonyl (C=O) groups excluding carboxylic acids is 2. The summed E-state index contributed by atoms with van der Waals surface area (Å²) in [5, 5.41) is 23.0. The summed E-state index contributed by atoms with van der Waals surface area (Å²) in [7, 11) is 0. The van der Waals surface area contributed by atoms with Gasteiger partial charge in [-0.3, -0.25) is 14.7 Å². The van der Waals surface area contributed by atoms with Gasteiger partial charge in [0.15, 0.2) is 0 Å².